The van der Waals surface area contributed by atoms with Gasteiger partial charge in [-0.1, -0.05) is 303 Å². The second kappa shape index (κ2) is 26.4. The van der Waals surface area contributed by atoms with Crippen molar-refractivity contribution in [2.75, 3.05) is 19.6 Å². The van der Waals surface area contributed by atoms with E-state index in [0.717, 1.165) is 68.2 Å². The first kappa shape index (κ1) is 61.3. The molecular formula is C100H68N4. The summed E-state index contributed by atoms with van der Waals surface area (Å²) in [4.78, 5) is 9.66. The molecule has 0 unspecified atom stereocenters. The van der Waals surface area contributed by atoms with Crippen LogP contribution in [0.5, 0.6) is 0 Å². The number of hydrogen-bond acceptors (Lipinski definition) is 4. The van der Waals surface area contributed by atoms with Gasteiger partial charge in [0.15, 0.2) is 0 Å². The number of fused-ring (bicyclic) bond motifs is 10. The van der Waals surface area contributed by atoms with Crippen LogP contribution in [0.15, 0.2) is 413 Å². The fraction of sp³-hybridized carbons (Fsp3) is 0. The minimum Gasteiger partial charge on any atom is -0.310 e. The topological polar surface area (TPSA) is 13.0 Å². The number of nitrogens with zero attached hydrogens (tertiary/aromatic N) is 4. The maximum atomic E-state index is 2.43. The molecule has 0 fully saturated rings. The molecule has 0 atom stereocenters. The van der Waals surface area contributed by atoms with E-state index in [1.54, 1.807) is 0 Å². The molecule has 0 N–H and O–H groups in total. The summed E-state index contributed by atoms with van der Waals surface area (Å²) in [6.45, 7) is 0. The molecule has 0 aliphatic rings. The molecule has 0 heterocycles. The zero-order chi connectivity index (χ0) is 68.9. The van der Waals surface area contributed by atoms with Crippen LogP contribution < -0.4 is 19.6 Å². The monoisotopic (exact) mass is 1320 g/mol. The molecule has 0 bridgehead atoms. The Morgan fingerprint density at radius 3 is 0.490 bits per heavy atom. The van der Waals surface area contributed by atoms with Gasteiger partial charge in [0.05, 0.1) is 34.1 Å². The lowest BCUT2D eigenvalue weighted by Crippen LogP contribution is -2.12. The molecular weight excluding hydrogens is 1260 g/mol. The highest BCUT2D eigenvalue weighted by molar-refractivity contribution is 6.10. The van der Waals surface area contributed by atoms with Gasteiger partial charge in [-0.25, -0.2) is 0 Å². The maximum Gasteiger partial charge on any atom is 0.0540 e. The lowest BCUT2D eigenvalue weighted by Gasteiger charge is -2.29. The molecule has 0 saturated heterocycles. The summed E-state index contributed by atoms with van der Waals surface area (Å²) >= 11 is 0. The highest BCUT2D eigenvalue weighted by Gasteiger charge is 2.23. The Bertz CT molecular complexity index is 6100. The molecule has 4 heteroatoms. The highest BCUT2D eigenvalue weighted by atomic mass is 15.2. The van der Waals surface area contributed by atoms with Gasteiger partial charge in [0.2, 0.25) is 0 Å². The Hall–Kier alpha value is -13.8. The van der Waals surface area contributed by atoms with Crippen molar-refractivity contribution in [3.05, 3.63) is 413 Å². The summed E-state index contributed by atoms with van der Waals surface area (Å²) in [6, 6.07) is 150. The van der Waals surface area contributed by atoms with Crippen LogP contribution in [0.4, 0.5) is 68.2 Å². The molecule has 0 radical (unpaired) electrons. The van der Waals surface area contributed by atoms with Crippen molar-refractivity contribution in [1.29, 1.82) is 0 Å². The van der Waals surface area contributed by atoms with E-state index >= 15 is 0 Å². The molecule has 488 valence electrons. The van der Waals surface area contributed by atoms with Crippen LogP contribution in [0.25, 0.3) is 108 Å². The van der Waals surface area contributed by atoms with Crippen molar-refractivity contribution in [2.24, 2.45) is 0 Å². The molecule has 0 aromatic heterocycles. The Morgan fingerprint density at radius 2 is 0.260 bits per heavy atom. The van der Waals surface area contributed by atoms with Crippen molar-refractivity contribution >= 4 is 176 Å². The number of anilines is 12. The minimum absolute atomic E-state index is 1.12. The van der Waals surface area contributed by atoms with Gasteiger partial charge >= 0.3 is 0 Å². The van der Waals surface area contributed by atoms with Crippen LogP contribution in [0.1, 0.15) is 0 Å². The lowest BCUT2D eigenvalue weighted by molar-refractivity contribution is 1.30. The normalized spacial score (nSPS) is 11.5. The van der Waals surface area contributed by atoms with Crippen molar-refractivity contribution in [3.63, 3.8) is 0 Å². The lowest BCUT2D eigenvalue weighted by atomic mass is 10.0. The zero-order valence-corrected chi connectivity index (χ0v) is 57.0. The van der Waals surface area contributed by atoms with E-state index < -0.39 is 0 Å². The average Bonchev–Trinajstić information content (AvgIpc) is 0.763. The summed E-state index contributed by atoms with van der Waals surface area (Å²) in [5.74, 6) is 0. The molecule has 0 spiro atoms. The van der Waals surface area contributed by atoms with E-state index in [2.05, 4.69) is 432 Å². The Morgan fingerprint density at radius 1 is 0.106 bits per heavy atom. The number of rotatable bonds is 12. The smallest absolute Gasteiger partial charge is 0.0540 e. The predicted octanol–water partition coefficient (Wildman–Crippen LogP) is 28.8. The van der Waals surface area contributed by atoms with E-state index in [1.165, 1.54) is 108 Å². The minimum atomic E-state index is 1.12. The van der Waals surface area contributed by atoms with Crippen LogP contribution >= 0.6 is 0 Å². The predicted molar refractivity (Wildman–Crippen MR) is 447 cm³/mol. The summed E-state index contributed by atoms with van der Waals surface area (Å²) in [5, 5.41) is 24.3. The van der Waals surface area contributed by atoms with E-state index in [9.17, 15) is 0 Å². The van der Waals surface area contributed by atoms with E-state index in [0.29, 0.717) is 0 Å². The molecule has 4 nitrogen and oxygen atoms in total. The van der Waals surface area contributed by atoms with Gasteiger partial charge in [-0.15, -0.1) is 0 Å². The van der Waals surface area contributed by atoms with Crippen LogP contribution in [-0.2, 0) is 0 Å². The molecule has 20 rings (SSSR count). The van der Waals surface area contributed by atoms with Crippen molar-refractivity contribution in [3.8, 4) is 0 Å². The van der Waals surface area contributed by atoms with Gasteiger partial charge in [0.1, 0.15) is 0 Å². The van der Waals surface area contributed by atoms with Gasteiger partial charge in [0.25, 0.3) is 0 Å². The third-order valence-electron chi connectivity index (χ3n) is 20.7. The van der Waals surface area contributed by atoms with Crippen molar-refractivity contribution in [1.82, 2.24) is 0 Å². The zero-order valence-electron chi connectivity index (χ0n) is 57.0. The quantitative estimate of drug-likeness (QED) is 0.121. The molecule has 20 aromatic carbocycles. The standard InChI is InChI=1S/2C50H34N2/c1-5-21-43-35(13-1)17-9-25-47(43)51(48-26-10-18-36-14-2-6-22-44(36)48)41-31-29-40-34-42(32-30-39(40)33-41)52(49-27-11-19-37-15-3-7-23-45(37)49)50-28-12-20-38-16-4-8-24-46(38)50;1-3-15-39-31-43(27-23-35(39)11-1)51(49-21-9-17-37-13-5-7-19-47(37)49)45-29-25-42-34-46(30-26-41(42)33-45)52(44-28-24-36-12-2-4-16-40(36)32-44)50-22-10-18-38-14-6-8-20-48(38)50/h2*1-34H. The van der Waals surface area contributed by atoms with Crippen molar-refractivity contribution in [2.45, 2.75) is 0 Å². The second-order valence-corrected chi connectivity index (χ2v) is 26.8. The molecule has 20 aromatic rings. The van der Waals surface area contributed by atoms with Crippen LogP contribution in [0.3, 0.4) is 0 Å². The van der Waals surface area contributed by atoms with Gasteiger partial charge in [-0.05, 0) is 185 Å². The molecule has 0 aliphatic heterocycles. The van der Waals surface area contributed by atoms with Gasteiger partial charge in [-0.2, -0.15) is 0 Å². The van der Waals surface area contributed by atoms with Crippen LogP contribution in [-0.4, -0.2) is 0 Å². The average molecular weight is 1330 g/mol. The van der Waals surface area contributed by atoms with Gasteiger partial charge in [-0.3, -0.25) is 0 Å². The van der Waals surface area contributed by atoms with Gasteiger partial charge in [0, 0.05) is 66.4 Å². The molecule has 0 saturated carbocycles. The van der Waals surface area contributed by atoms with Crippen LogP contribution in [0, 0.1) is 0 Å². The third-order valence-corrected chi connectivity index (χ3v) is 20.7. The largest absolute Gasteiger partial charge is 0.310 e. The molecule has 0 aliphatic carbocycles. The summed E-state index contributed by atoms with van der Waals surface area (Å²) in [5.41, 5.74) is 13.7. The van der Waals surface area contributed by atoms with Gasteiger partial charge < -0.3 is 19.6 Å². The molecule has 104 heavy (non-hydrogen) atoms. The fourth-order valence-electron chi connectivity index (χ4n) is 15.7. The van der Waals surface area contributed by atoms with E-state index in [4.69, 9.17) is 0 Å². The van der Waals surface area contributed by atoms with Crippen LogP contribution in [0.2, 0.25) is 0 Å². The summed E-state index contributed by atoms with van der Waals surface area (Å²) in [7, 11) is 0. The maximum absolute atomic E-state index is 2.43. The first-order valence-electron chi connectivity index (χ1n) is 35.7. The third kappa shape index (κ3) is 11.2. The van der Waals surface area contributed by atoms with Crippen molar-refractivity contribution < 1.29 is 0 Å². The molecule has 0 amide bonds. The second-order valence-electron chi connectivity index (χ2n) is 26.8. The Labute approximate surface area is 604 Å². The number of hydrogen-bond donors (Lipinski definition) is 0. The fourth-order valence-corrected chi connectivity index (χ4v) is 15.7. The van der Waals surface area contributed by atoms with E-state index in [1.807, 2.05) is 0 Å². The summed E-state index contributed by atoms with van der Waals surface area (Å²) < 4.78 is 0. The highest BCUT2D eigenvalue weighted by Crippen LogP contribution is 2.48. The number of benzene rings is 20. The first-order chi connectivity index (χ1) is 51.6. The SMILES string of the molecule is c1ccc2c(N(c3ccc4cc(N(c5cccc6ccccc56)c5cccc6ccccc56)ccc4c3)c3cccc4ccccc34)cccc2c1.c1ccc2cc(N(c3ccc4cc(N(c5ccc6ccccc6c5)c5cccc6ccccc56)ccc4c3)c3cccc4ccccc34)ccc2c1. The Balaban J connectivity index is 0.000000143. The van der Waals surface area contributed by atoms with E-state index in [-0.39, 0.29) is 0 Å². The Kier molecular flexibility index (Phi) is 15.5. The first-order valence-corrected chi connectivity index (χ1v) is 35.7. The summed E-state index contributed by atoms with van der Waals surface area (Å²) in [6.07, 6.45) is 0.